The van der Waals surface area contributed by atoms with Gasteiger partial charge in [0.2, 0.25) is 5.88 Å². The predicted octanol–water partition coefficient (Wildman–Crippen LogP) is 2.35. The van der Waals surface area contributed by atoms with E-state index in [1.165, 1.54) is 12.8 Å². The van der Waals surface area contributed by atoms with Crippen LogP contribution in [0, 0.1) is 0 Å². The number of hydrogen-bond donors (Lipinski definition) is 1. The predicted molar refractivity (Wildman–Crippen MR) is 77.5 cm³/mol. The molecule has 3 rings (SSSR count). The van der Waals surface area contributed by atoms with E-state index in [-0.39, 0.29) is 0 Å². The van der Waals surface area contributed by atoms with Gasteiger partial charge in [0, 0.05) is 37.0 Å². The smallest absolute Gasteiger partial charge is 0.213 e. The van der Waals surface area contributed by atoms with Crippen molar-refractivity contribution in [3.63, 3.8) is 0 Å². The van der Waals surface area contributed by atoms with Gasteiger partial charge < -0.3 is 10.1 Å². The van der Waals surface area contributed by atoms with Gasteiger partial charge in [-0.1, -0.05) is 12.1 Å². The highest BCUT2D eigenvalue weighted by atomic mass is 16.5. The molecule has 0 radical (unpaired) electrons. The molecule has 1 aliphatic rings. The van der Waals surface area contributed by atoms with Gasteiger partial charge in [0.05, 0.1) is 12.3 Å². The molecule has 1 N–H and O–H groups in total. The Balaban J connectivity index is 1.47. The minimum absolute atomic E-state index is 0.601. The van der Waals surface area contributed by atoms with Gasteiger partial charge in [-0.3, -0.25) is 4.98 Å². The topological polar surface area (TPSA) is 47.0 Å². The van der Waals surface area contributed by atoms with Gasteiger partial charge in [-0.05, 0) is 31.0 Å². The normalized spacial score (nSPS) is 14.2. The zero-order valence-electron chi connectivity index (χ0n) is 11.5. The van der Waals surface area contributed by atoms with Crippen LogP contribution in [0.15, 0.2) is 42.6 Å². The maximum atomic E-state index is 5.69. The Bertz CT molecular complexity index is 540. The molecule has 4 nitrogen and oxygen atoms in total. The summed E-state index contributed by atoms with van der Waals surface area (Å²) in [5, 5.41) is 3.45. The zero-order valence-corrected chi connectivity index (χ0v) is 11.5. The molecule has 2 heterocycles. The number of pyridine rings is 2. The summed E-state index contributed by atoms with van der Waals surface area (Å²) in [7, 11) is 0. The maximum absolute atomic E-state index is 5.69. The van der Waals surface area contributed by atoms with Crippen molar-refractivity contribution in [1.29, 1.82) is 0 Å². The summed E-state index contributed by atoms with van der Waals surface area (Å²) in [6.45, 7) is 1.42. The summed E-state index contributed by atoms with van der Waals surface area (Å²) in [6.07, 6.45) is 5.19. The molecule has 104 valence electrons. The summed E-state index contributed by atoms with van der Waals surface area (Å²) in [6, 6.07) is 12.5. The third kappa shape index (κ3) is 4.03. The van der Waals surface area contributed by atoms with Crippen molar-refractivity contribution in [2.45, 2.75) is 31.8 Å². The van der Waals surface area contributed by atoms with E-state index < -0.39 is 0 Å². The number of nitrogens with one attached hydrogen (secondary N) is 1. The second kappa shape index (κ2) is 6.48. The number of ether oxygens (including phenoxy) is 1. The van der Waals surface area contributed by atoms with E-state index in [4.69, 9.17) is 4.74 Å². The number of aromatic nitrogens is 2. The SMILES string of the molecule is c1ccc(CCOc2cccc(CNC3CC3)n2)nc1. The van der Waals surface area contributed by atoms with Crippen LogP contribution in [0.25, 0.3) is 0 Å². The third-order valence-electron chi connectivity index (χ3n) is 3.26. The maximum Gasteiger partial charge on any atom is 0.213 e. The molecule has 0 atom stereocenters. The molecule has 0 bridgehead atoms. The van der Waals surface area contributed by atoms with Crippen molar-refractivity contribution in [2.75, 3.05) is 6.61 Å². The van der Waals surface area contributed by atoms with Gasteiger partial charge in [0.1, 0.15) is 0 Å². The van der Waals surface area contributed by atoms with Crippen LogP contribution in [0.3, 0.4) is 0 Å². The average molecular weight is 269 g/mol. The third-order valence-corrected chi connectivity index (χ3v) is 3.26. The van der Waals surface area contributed by atoms with Crippen molar-refractivity contribution in [2.24, 2.45) is 0 Å². The van der Waals surface area contributed by atoms with Crippen molar-refractivity contribution >= 4 is 0 Å². The van der Waals surface area contributed by atoms with Gasteiger partial charge in [0.25, 0.3) is 0 Å². The summed E-state index contributed by atoms with van der Waals surface area (Å²) in [5.41, 5.74) is 2.08. The highest BCUT2D eigenvalue weighted by Crippen LogP contribution is 2.19. The lowest BCUT2D eigenvalue weighted by Gasteiger charge is -2.07. The van der Waals surface area contributed by atoms with Crippen molar-refractivity contribution in [1.82, 2.24) is 15.3 Å². The fourth-order valence-electron chi connectivity index (χ4n) is 1.98. The Hall–Kier alpha value is -1.94. The summed E-state index contributed by atoms with van der Waals surface area (Å²) < 4.78 is 5.69. The van der Waals surface area contributed by atoms with E-state index in [0.717, 1.165) is 24.4 Å². The van der Waals surface area contributed by atoms with Gasteiger partial charge in [-0.15, -0.1) is 0 Å². The minimum Gasteiger partial charge on any atom is -0.477 e. The second-order valence-electron chi connectivity index (χ2n) is 5.04. The highest BCUT2D eigenvalue weighted by Gasteiger charge is 2.20. The molecule has 4 heteroatoms. The van der Waals surface area contributed by atoms with Crippen LogP contribution in [-0.4, -0.2) is 22.6 Å². The molecule has 1 saturated carbocycles. The molecule has 2 aromatic rings. The van der Waals surface area contributed by atoms with Crippen LogP contribution in [0.5, 0.6) is 5.88 Å². The molecule has 0 aromatic carbocycles. The Kier molecular flexibility index (Phi) is 4.23. The van der Waals surface area contributed by atoms with Crippen molar-refractivity contribution in [3.05, 3.63) is 54.0 Å². The van der Waals surface area contributed by atoms with Gasteiger partial charge >= 0.3 is 0 Å². The first-order chi connectivity index (χ1) is 9.90. The van der Waals surface area contributed by atoms with E-state index in [1.807, 2.05) is 36.4 Å². The van der Waals surface area contributed by atoms with Gasteiger partial charge in [-0.25, -0.2) is 4.98 Å². The quantitative estimate of drug-likeness (QED) is 0.838. The lowest BCUT2D eigenvalue weighted by Crippen LogP contribution is -2.16. The largest absolute Gasteiger partial charge is 0.477 e. The fraction of sp³-hybridized carbons (Fsp3) is 0.375. The molecule has 20 heavy (non-hydrogen) atoms. The molecule has 0 amide bonds. The summed E-state index contributed by atoms with van der Waals surface area (Å²) in [5.74, 6) is 0.691. The molecular weight excluding hydrogens is 250 g/mol. The van der Waals surface area contributed by atoms with E-state index in [0.29, 0.717) is 18.5 Å². The lowest BCUT2D eigenvalue weighted by molar-refractivity contribution is 0.307. The average Bonchev–Trinajstić information content (AvgIpc) is 3.31. The fourth-order valence-corrected chi connectivity index (χ4v) is 1.98. The van der Waals surface area contributed by atoms with E-state index >= 15 is 0 Å². The van der Waals surface area contributed by atoms with Crippen molar-refractivity contribution < 1.29 is 4.74 Å². The molecule has 0 unspecified atom stereocenters. The molecule has 0 aliphatic heterocycles. The highest BCUT2D eigenvalue weighted by molar-refractivity contribution is 5.16. The van der Waals surface area contributed by atoms with Crippen molar-refractivity contribution in [3.8, 4) is 5.88 Å². The van der Waals surface area contributed by atoms with Crippen LogP contribution in [0.2, 0.25) is 0 Å². The standard InChI is InChI=1S/C16H19N3O/c1-2-10-17-13(4-1)9-11-20-16-6-3-5-15(19-16)12-18-14-7-8-14/h1-6,10,14,18H,7-9,11-12H2. The second-order valence-corrected chi connectivity index (χ2v) is 5.04. The Morgan fingerprint density at radius 1 is 1.10 bits per heavy atom. The molecule has 0 saturated heterocycles. The van der Waals surface area contributed by atoms with Crippen LogP contribution < -0.4 is 10.1 Å². The summed E-state index contributed by atoms with van der Waals surface area (Å²) >= 11 is 0. The Morgan fingerprint density at radius 3 is 2.80 bits per heavy atom. The lowest BCUT2D eigenvalue weighted by atomic mass is 10.3. The van der Waals surface area contributed by atoms with E-state index in [9.17, 15) is 0 Å². The Labute approximate surface area is 119 Å². The summed E-state index contributed by atoms with van der Waals surface area (Å²) in [4.78, 5) is 8.77. The Morgan fingerprint density at radius 2 is 2.00 bits per heavy atom. The first kappa shape index (κ1) is 13.1. The van der Waals surface area contributed by atoms with Gasteiger partial charge in [0.15, 0.2) is 0 Å². The minimum atomic E-state index is 0.601. The molecular formula is C16H19N3O. The number of nitrogens with zero attached hydrogens (tertiary/aromatic N) is 2. The monoisotopic (exact) mass is 269 g/mol. The first-order valence-electron chi connectivity index (χ1n) is 7.12. The molecule has 0 spiro atoms. The number of rotatable bonds is 7. The van der Waals surface area contributed by atoms with Crippen LogP contribution in [0.4, 0.5) is 0 Å². The van der Waals surface area contributed by atoms with E-state index in [2.05, 4.69) is 15.3 Å². The molecule has 1 fully saturated rings. The zero-order chi connectivity index (χ0) is 13.6. The molecule has 2 aromatic heterocycles. The first-order valence-corrected chi connectivity index (χ1v) is 7.12. The van der Waals surface area contributed by atoms with Crippen LogP contribution in [0.1, 0.15) is 24.2 Å². The number of hydrogen-bond acceptors (Lipinski definition) is 4. The van der Waals surface area contributed by atoms with Crippen LogP contribution >= 0.6 is 0 Å². The van der Waals surface area contributed by atoms with Crippen LogP contribution in [-0.2, 0) is 13.0 Å². The van der Waals surface area contributed by atoms with Gasteiger partial charge in [-0.2, -0.15) is 0 Å². The molecule has 1 aliphatic carbocycles. The van der Waals surface area contributed by atoms with E-state index in [1.54, 1.807) is 6.20 Å².